The first-order valence-electron chi connectivity index (χ1n) is 8.33. The molecule has 0 radical (unpaired) electrons. The van der Waals surface area contributed by atoms with Crippen LogP contribution in [0.15, 0.2) is 61.2 Å². The summed E-state index contributed by atoms with van der Waals surface area (Å²) >= 11 is 0. The molecule has 0 aliphatic carbocycles. The predicted molar refractivity (Wildman–Crippen MR) is 96.5 cm³/mol. The number of hydrogen-bond acceptors (Lipinski definition) is 3. The van der Waals surface area contributed by atoms with Crippen molar-refractivity contribution in [1.82, 2.24) is 29.1 Å². The van der Waals surface area contributed by atoms with Crippen LogP contribution in [0.1, 0.15) is 11.4 Å². The van der Waals surface area contributed by atoms with Gasteiger partial charge in [0.1, 0.15) is 5.82 Å². The average molecular weight is 332 g/mol. The number of nitrogens with zero attached hydrogens (tertiary/aromatic N) is 6. The van der Waals surface area contributed by atoms with Crippen molar-refractivity contribution in [3.05, 3.63) is 72.6 Å². The lowest BCUT2D eigenvalue weighted by Crippen LogP contribution is -2.10. The van der Waals surface area contributed by atoms with Crippen molar-refractivity contribution in [2.75, 3.05) is 0 Å². The number of imidazole rings is 1. The average Bonchev–Trinajstić information content (AvgIpc) is 3.34. The smallest absolute Gasteiger partial charge is 0.140 e. The van der Waals surface area contributed by atoms with Crippen LogP contribution in [0, 0.1) is 13.8 Å². The maximum absolute atomic E-state index is 4.55. The number of rotatable bonds is 5. The van der Waals surface area contributed by atoms with Gasteiger partial charge in [0.25, 0.3) is 0 Å². The van der Waals surface area contributed by atoms with Gasteiger partial charge in [0.2, 0.25) is 0 Å². The van der Waals surface area contributed by atoms with E-state index in [9.17, 15) is 0 Å². The molecule has 0 aliphatic heterocycles. The van der Waals surface area contributed by atoms with Gasteiger partial charge in [0.15, 0.2) is 0 Å². The molecule has 0 bridgehead atoms. The molecule has 6 nitrogen and oxygen atoms in total. The Morgan fingerprint density at radius 1 is 0.960 bits per heavy atom. The SMILES string of the molecule is Cc1cc(C)n(CCn2ccnc2-c2cccc(-n3cccn3)c2)n1. The third kappa shape index (κ3) is 3.10. The fourth-order valence-corrected chi connectivity index (χ4v) is 3.06. The summed E-state index contributed by atoms with van der Waals surface area (Å²) in [6.07, 6.45) is 7.58. The third-order valence-electron chi connectivity index (χ3n) is 4.24. The first-order chi connectivity index (χ1) is 12.2. The van der Waals surface area contributed by atoms with Gasteiger partial charge < -0.3 is 4.57 Å². The van der Waals surface area contributed by atoms with E-state index in [1.807, 2.05) is 53.1 Å². The molecule has 0 unspecified atom stereocenters. The second-order valence-electron chi connectivity index (χ2n) is 6.10. The zero-order chi connectivity index (χ0) is 17.2. The molecule has 0 aliphatic rings. The van der Waals surface area contributed by atoms with E-state index in [1.165, 1.54) is 5.69 Å². The molecule has 126 valence electrons. The zero-order valence-electron chi connectivity index (χ0n) is 14.4. The topological polar surface area (TPSA) is 53.5 Å². The molecule has 4 rings (SSSR count). The van der Waals surface area contributed by atoms with Crippen LogP contribution in [0.25, 0.3) is 17.1 Å². The van der Waals surface area contributed by atoms with Crippen LogP contribution < -0.4 is 0 Å². The largest absolute Gasteiger partial charge is 0.329 e. The third-order valence-corrected chi connectivity index (χ3v) is 4.24. The van der Waals surface area contributed by atoms with Crippen molar-refractivity contribution >= 4 is 0 Å². The molecular weight excluding hydrogens is 312 g/mol. The van der Waals surface area contributed by atoms with E-state index in [2.05, 4.69) is 44.9 Å². The van der Waals surface area contributed by atoms with E-state index in [4.69, 9.17) is 0 Å². The molecular formula is C19H20N6. The monoisotopic (exact) mass is 332 g/mol. The zero-order valence-corrected chi connectivity index (χ0v) is 14.4. The van der Waals surface area contributed by atoms with E-state index in [0.717, 1.165) is 35.9 Å². The number of hydrogen-bond donors (Lipinski definition) is 0. The minimum absolute atomic E-state index is 0.821. The standard InChI is InChI=1S/C19H20N6/c1-15-13-16(2)24(22-15)12-11-23-10-8-20-19(23)17-5-3-6-18(14-17)25-9-4-7-21-25/h3-10,13-14H,11-12H2,1-2H3. The van der Waals surface area contributed by atoms with Crippen molar-refractivity contribution in [1.29, 1.82) is 0 Å². The van der Waals surface area contributed by atoms with Crippen LogP contribution in [0.2, 0.25) is 0 Å². The Morgan fingerprint density at radius 2 is 1.88 bits per heavy atom. The quantitative estimate of drug-likeness (QED) is 0.564. The molecule has 3 heterocycles. The molecule has 0 atom stereocenters. The van der Waals surface area contributed by atoms with Crippen molar-refractivity contribution in [2.45, 2.75) is 26.9 Å². The van der Waals surface area contributed by atoms with Crippen LogP contribution in [-0.4, -0.2) is 29.1 Å². The molecule has 0 N–H and O–H groups in total. The second kappa shape index (κ2) is 6.39. The Hall–Kier alpha value is -3.15. The van der Waals surface area contributed by atoms with Gasteiger partial charge in [0.05, 0.1) is 17.9 Å². The van der Waals surface area contributed by atoms with Crippen molar-refractivity contribution in [3.8, 4) is 17.1 Å². The Bertz CT molecular complexity index is 977. The highest BCUT2D eigenvalue weighted by Crippen LogP contribution is 2.20. The summed E-state index contributed by atoms with van der Waals surface area (Å²) in [6.45, 7) is 5.75. The molecule has 4 aromatic rings. The minimum Gasteiger partial charge on any atom is -0.329 e. The van der Waals surface area contributed by atoms with Crippen LogP contribution in [0.4, 0.5) is 0 Å². The Labute approximate surface area is 146 Å². The second-order valence-corrected chi connectivity index (χ2v) is 6.10. The molecule has 0 fully saturated rings. The predicted octanol–water partition coefficient (Wildman–Crippen LogP) is 3.25. The Balaban J connectivity index is 1.59. The van der Waals surface area contributed by atoms with Gasteiger partial charge in [-0.15, -0.1) is 0 Å². The van der Waals surface area contributed by atoms with Crippen molar-refractivity contribution in [3.63, 3.8) is 0 Å². The highest BCUT2D eigenvalue weighted by Gasteiger charge is 2.09. The van der Waals surface area contributed by atoms with Gasteiger partial charge in [0, 0.05) is 42.6 Å². The van der Waals surface area contributed by atoms with E-state index in [1.54, 1.807) is 6.20 Å². The van der Waals surface area contributed by atoms with E-state index >= 15 is 0 Å². The Kier molecular flexibility index (Phi) is 3.93. The van der Waals surface area contributed by atoms with Gasteiger partial charge >= 0.3 is 0 Å². The number of aryl methyl sites for hydroxylation is 4. The van der Waals surface area contributed by atoms with E-state index < -0.39 is 0 Å². The molecule has 0 saturated heterocycles. The molecule has 6 heteroatoms. The van der Waals surface area contributed by atoms with Crippen molar-refractivity contribution < 1.29 is 0 Å². The van der Waals surface area contributed by atoms with Gasteiger partial charge in [-0.25, -0.2) is 9.67 Å². The maximum atomic E-state index is 4.55. The Morgan fingerprint density at radius 3 is 2.64 bits per heavy atom. The van der Waals surface area contributed by atoms with Gasteiger partial charge in [-0.2, -0.15) is 10.2 Å². The van der Waals surface area contributed by atoms with Crippen LogP contribution >= 0.6 is 0 Å². The summed E-state index contributed by atoms with van der Waals surface area (Å²) in [4.78, 5) is 4.55. The fraction of sp³-hybridized carbons (Fsp3) is 0.211. The van der Waals surface area contributed by atoms with E-state index in [0.29, 0.717) is 0 Å². The number of benzene rings is 1. The first-order valence-corrected chi connectivity index (χ1v) is 8.33. The summed E-state index contributed by atoms with van der Waals surface area (Å²) in [5.74, 6) is 0.954. The normalized spacial score (nSPS) is 11.1. The molecule has 0 saturated carbocycles. The highest BCUT2D eigenvalue weighted by molar-refractivity contribution is 5.59. The van der Waals surface area contributed by atoms with E-state index in [-0.39, 0.29) is 0 Å². The molecule has 3 aromatic heterocycles. The fourth-order valence-electron chi connectivity index (χ4n) is 3.06. The molecule has 25 heavy (non-hydrogen) atoms. The van der Waals surface area contributed by atoms with Gasteiger partial charge in [-0.3, -0.25) is 4.68 Å². The maximum Gasteiger partial charge on any atom is 0.140 e. The molecule has 1 aromatic carbocycles. The van der Waals surface area contributed by atoms with Gasteiger partial charge in [-0.05, 0) is 38.1 Å². The first kappa shape index (κ1) is 15.4. The highest BCUT2D eigenvalue weighted by atomic mass is 15.3. The molecule has 0 amide bonds. The van der Waals surface area contributed by atoms with Crippen LogP contribution in [0.5, 0.6) is 0 Å². The van der Waals surface area contributed by atoms with Gasteiger partial charge in [-0.1, -0.05) is 12.1 Å². The van der Waals surface area contributed by atoms with Crippen LogP contribution in [0.3, 0.4) is 0 Å². The summed E-state index contributed by atoms with van der Waals surface area (Å²) in [5, 5.41) is 8.83. The minimum atomic E-state index is 0.821. The summed E-state index contributed by atoms with van der Waals surface area (Å²) in [6, 6.07) is 12.3. The number of aromatic nitrogens is 6. The lowest BCUT2D eigenvalue weighted by molar-refractivity contribution is 0.523. The lowest BCUT2D eigenvalue weighted by atomic mass is 10.2. The van der Waals surface area contributed by atoms with Crippen LogP contribution in [-0.2, 0) is 13.1 Å². The molecule has 0 spiro atoms. The summed E-state index contributed by atoms with van der Waals surface area (Å²) < 4.78 is 6.06. The van der Waals surface area contributed by atoms with Crippen molar-refractivity contribution in [2.24, 2.45) is 0 Å². The summed E-state index contributed by atoms with van der Waals surface area (Å²) in [5.41, 5.74) is 4.33. The summed E-state index contributed by atoms with van der Waals surface area (Å²) in [7, 11) is 0. The lowest BCUT2D eigenvalue weighted by Gasteiger charge is -2.10.